The molecule has 3 heterocycles. The molecule has 1 saturated heterocycles. The van der Waals surface area contributed by atoms with Crippen molar-refractivity contribution in [3.8, 4) is 0 Å². The van der Waals surface area contributed by atoms with Crippen molar-refractivity contribution in [3.63, 3.8) is 0 Å². The molecule has 0 spiro atoms. The van der Waals surface area contributed by atoms with Crippen LogP contribution in [0.5, 0.6) is 0 Å². The van der Waals surface area contributed by atoms with Crippen LogP contribution in [0.1, 0.15) is 40.5 Å². The molecule has 2 aromatic rings. The van der Waals surface area contributed by atoms with Gasteiger partial charge in [0.25, 0.3) is 5.91 Å². The van der Waals surface area contributed by atoms with E-state index in [9.17, 15) is 9.59 Å². The maximum Gasteiger partial charge on any atom is 0.338 e. The van der Waals surface area contributed by atoms with Gasteiger partial charge in [-0.2, -0.15) is 0 Å². The predicted molar refractivity (Wildman–Crippen MR) is 108 cm³/mol. The zero-order valence-electron chi connectivity index (χ0n) is 15.9. The molecule has 8 heteroatoms. The van der Waals surface area contributed by atoms with E-state index in [-0.39, 0.29) is 17.9 Å². The first-order chi connectivity index (χ1) is 13.6. The van der Waals surface area contributed by atoms with Gasteiger partial charge in [-0.15, -0.1) is 0 Å². The van der Waals surface area contributed by atoms with Crippen molar-refractivity contribution in [1.29, 1.82) is 0 Å². The van der Waals surface area contributed by atoms with Crippen LogP contribution in [0, 0.1) is 0 Å². The standard InChI is InChI=1S/C20H22N4O3S/c1-3-27-19(26)13-6-4-7-14(10-13)24-12-15-8-5-9-23(15)17-16(18(24)25)11-21-20(22-17)28-2/h4,6-7,10-11,15H,3,5,8-9,12H2,1-2H3. The Balaban J connectivity index is 1.75. The summed E-state index contributed by atoms with van der Waals surface area (Å²) in [6, 6.07) is 7.24. The van der Waals surface area contributed by atoms with Crippen LogP contribution < -0.4 is 9.80 Å². The van der Waals surface area contributed by atoms with Crippen molar-refractivity contribution < 1.29 is 14.3 Å². The van der Waals surface area contributed by atoms with Crippen LogP contribution in [0.25, 0.3) is 0 Å². The Hall–Kier alpha value is -2.61. The van der Waals surface area contributed by atoms with Crippen molar-refractivity contribution >= 4 is 35.1 Å². The minimum Gasteiger partial charge on any atom is -0.462 e. The number of anilines is 2. The third kappa shape index (κ3) is 3.32. The molecular formula is C20H22N4O3S. The van der Waals surface area contributed by atoms with E-state index in [1.54, 1.807) is 36.2 Å². The van der Waals surface area contributed by atoms with Crippen molar-refractivity contribution in [2.45, 2.75) is 31.0 Å². The van der Waals surface area contributed by atoms with E-state index in [2.05, 4.69) is 14.9 Å². The highest BCUT2D eigenvalue weighted by Crippen LogP contribution is 2.34. The molecule has 28 heavy (non-hydrogen) atoms. The minimum atomic E-state index is -0.387. The van der Waals surface area contributed by atoms with Crippen LogP contribution in [0.2, 0.25) is 0 Å². The molecule has 146 valence electrons. The van der Waals surface area contributed by atoms with Gasteiger partial charge in [-0.25, -0.2) is 14.8 Å². The molecule has 2 aliphatic rings. The van der Waals surface area contributed by atoms with Crippen LogP contribution in [0.3, 0.4) is 0 Å². The number of amides is 1. The number of fused-ring (bicyclic) bond motifs is 3. The number of esters is 1. The number of thioether (sulfide) groups is 1. The Morgan fingerprint density at radius 1 is 1.39 bits per heavy atom. The number of aromatic nitrogens is 2. The van der Waals surface area contributed by atoms with Crippen LogP contribution >= 0.6 is 11.8 Å². The van der Waals surface area contributed by atoms with Crippen LogP contribution in [-0.4, -0.2) is 53.8 Å². The molecule has 7 nitrogen and oxygen atoms in total. The Kier molecular flexibility index (Phi) is 5.21. The molecule has 1 aromatic heterocycles. The number of carbonyl (C=O) groups is 2. The second kappa shape index (κ2) is 7.79. The monoisotopic (exact) mass is 398 g/mol. The number of nitrogens with zero attached hydrogens (tertiary/aromatic N) is 4. The minimum absolute atomic E-state index is 0.141. The van der Waals surface area contributed by atoms with Gasteiger partial charge in [0.05, 0.1) is 12.2 Å². The molecule has 1 unspecified atom stereocenters. The SMILES string of the molecule is CCOC(=O)c1cccc(N2CC3CCCN3c3nc(SC)ncc3C2=O)c1. The summed E-state index contributed by atoms with van der Waals surface area (Å²) in [5, 5.41) is 0.662. The van der Waals surface area contributed by atoms with Crippen LogP contribution in [0.4, 0.5) is 11.5 Å². The number of rotatable bonds is 4. The zero-order valence-corrected chi connectivity index (χ0v) is 16.7. The summed E-state index contributed by atoms with van der Waals surface area (Å²) < 4.78 is 5.10. The first-order valence-corrected chi connectivity index (χ1v) is 10.6. The molecule has 1 atom stereocenters. The summed E-state index contributed by atoms with van der Waals surface area (Å²) in [5.74, 6) is 0.191. The van der Waals surface area contributed by atoms with Crippen LogP contribution in [-0.2, 0) is 4.74 Å². The third-order valence-electron chi connectivity index (χ3n) is 5.12. The number of ether oxygens (including phenoxy) is 1. The van der Waals surface area contributed by atoms with E-state index in [0.29, 0.717) is 35.1 Å². The number of benzene rings is 1. The maximum absolute atomic E-state index is 13.4. The van der Waals surface area contributed by atoms with E-state index >= 15 is 0 Å². The quantitative estimate of drug-likeness (QED) is 0.445. The first-order valence-electron chi connectivity index (χ1n) is 9.39. The van der Waals surface area contributed by atoms with Gasteiger partial charge in [0.2, 0.25) is 0 Å². The predicted octanol–water partition coefficient (Wildman–Crippen LogP) is 3.00. The number of hydrogen-bond donors (Lipinski definition) is 0. The smallest absolute Gasteiger partial charge is 0.338 e. The average Bonchev–Trinajstić information content (AvgIpc) is 3.15. The molecule has 0 saturated carbocycles. The lowest BCUT2D eigenvalue weighted by atomic mass is 10.1. The van der Waals surface area contributed by atoms with Gasteiger partial charge >= 0.3 is 5.97 Å². The Labute approximate surface area is 168 Å². The lowest BCUT2D eigenvalue weighted by Gasteiger charge is -2.27. The fourth-order valence-corrected chi connectivity index (χ4v) is 4.14. The highest BCUT2D eigenvalue weighted by molar-refractivity contribution is 7.98. The summed E-state index contributed by atoms with van der Waals surface area (Å²) in [4.78, 5) is 38.4. The summed E-state index contributed by atoms with van der Waals surface area (Å²) >= 11 is 1.47. The third-order valence-corrected chi connectivity index (χ3v) is 5.68. The van der Waals surface area contributed by atoms with Crippen LogP contribution in [0.15, 0.2) is 35.6 Å². The molecule has 1 fully saturated rings. The summed E-state index contributed by atoms with van der Waals surface area (Å²) in [5.41, 5.74) is 1.63. The topological polar surface area (TPSA) is 75.6 Å². The summed E-state index contributed by atoms with van der Waals surface area (Å²) in [6.45, 7) is 3.52. The lowest BCUT2D eigenvalue weighted by molar-refractivity contribution is 0.0526. The van der Waals surface area contributed by atoms with Crippen molar-refractivity contribution in [2.24, 2.45) is 0 Å². The molecule has 0 radical (unpaired) electrons. The Morgan fingerprint density at radius 3 is 3.04 bits per heavy atom. The molecule has 0 N–H and O–H groups in total. The van der Waals surface area contributed by atoms with Gasteiger partial charge in [-0.1, -0.05) is 17.8 Å². The van der Waals surface area contributed by atoms with E-state index in [4.69, 9.17) is 4.74 Å². The Bertz CT molecular complexity index is 920. The molecular weight excluding hydrogens is 376 g/mol. The largest absolute Gasteiger partial charge is 0.462 e. The maximum atomic E-state index is 13.4. The van der Waals surface area contributed by atoms with Gasteiger partial charge < -0.3 is 14.5 Å². The summed E-state index contributed by atoms with van der Waals surface area (Å²) in [6.07, 6.45) is 5.61. The summed E-state index contributed by atoms with van der Waals surface area (Å²) in [7, 11) is 0. The van der Waals surface area contributed by atoms with Gasteiger partial charge in [0.15, 0.2) is 5.16 Å². The molecule has 0 bridgehead atoms. The first kappa shape index (κ1) is 18.7. The van der Waals surface area contributed by atoms with E-state index in [1.165, 1.54) is 11.8 Å². The zero-order chi connectivity index (χ0) is 19.7. The van der Waals surface area contributed by atoms with Gasteiger partial charge in [-0.05, 0) is 44.2 Å². The second-order valence-electron chi connectivity index (χ2n) is 6.77. The molecule has 2 aliphatic heterocycles. The molecule has 4 rings (SSSR count). The van der Waals surface area contributed by atoms with Gasteiger partial charge in [0, 0.05) is 31.0 Å². The van der Waals surface area contributed by atoms with E-state index in [0.717, 1.165) is 25.2 Å². The Morgan fingerprint density at radius 2 is 2.25 bits per heavy atom. The fraction of sp³-hybridized carbons (Fsp3) is 0.400. The average molecular weight is 398 g/mol. The molecule has 1 amide bonds. The highest BCUT2D eigenvalue weighted by atomic mass is 32.2. The normalized spacial score (nSPS) is 18.5. The van der Waals surface area contributed by atoms with Gasteiger partial charge in [0.1, 0.15) is 11.4 Å². The molecule has 0 aliphatic carbocycles. The fourth-order valence-electron chi connectivity index (χ4n) is 3.81. The lowest BCUT2D eigenvalue weighted by Crippen LogP contribution is -2.39. The number of carbonyl (C=O) groups excluding carboxylic acids is 2. The van der Waals surface area contributed by atoms with Crippen molar-refractivity contribution in [1.82, 2.24) is 9.97 Å². The van der Waals surface area contributed by atoms with Gasteiger partial charge in [-0.3, -0.25) is 4.79 Å². The molecule has 1 aromatic carbocycles. The van der Waals surface area contributed by atoms with E-state index in [1.807, 2.05) is 12.3 Å². The van der Waals surface area contributed by atoms with E-state index < -0.39 is 0 Å². The second-order valence-corrected chi connectivity index (χ2v) is 7.54. The van der Waals surface area contributed by atoms with Crippen molar-refractivity contribution in [3.05, 3.63) is 41.6 Å². The number of hydrogen-bond acceptors (Lipinski definition) is 7. The highest BCUT2D eigenvalue weighted by Gasteiger charge is 2.37. The van der Waals surface area contributed by atoms with Crippen molar-refractivity contribution in [2.75, 3.05) is 35.8 Å².